The van der Waals surface area contributed by atoms with Crippen LogP contribution in [0.15, 0.2) is 21.7 Å². The molecule has 3 aromatic rings. The van der Waals surface area contributed by atoms with Crippen LogP contribution in [0.1, 0.15) is 56.6 Å². The number of anilines is 2. The predicted molar refractivity (Wildman–Crippen MR) is 162 cm³/mol. The standard InChI is InChI=1S/C29H38N8O6/c1-8-9-15-36-22-23(33-26(36)35-14-10-11-18(16-35)31-27(40)43-29(2,3)4)34(6)28(41)37(24(22)38)17-20-19(25(39)42-7)12-13-21(30-5)32-20/h12-13,18H,10-11,14-17H2,1-7H3,(H,30,32)(H,31,40)/t18-/m1/s1. The predicted octanol–water partition coefficient (Wildman–Crippen LogP) is 1.69. The summed E-state index contributed by atoms with van der Waals surface area (Å²) in [4.78, 5) is 63.6. The molecule has 0 bridgehead atoms. The maximum atomic E-state index is 14.0. The first-order valence-corrected chi connectivity index (χ1v) is 14.0. The van der Waals surface area contributed by atoms with Crippen molar-refractivity contribution < 1.29 is 19.1 Å². The maximum absolute atomic E-state index is 14.0. The van der Waals surface area contributed by atoms with E-state index in [0.29, 0.717) is 24.9 Å². The first-order chi connectivity index (χ1) is 20.4. The van der Waals surface area contributed by atoms with Crippen LogP contribution in [-0.2, 0) is 29.6 Å². The molecule has 4 rings (SSSR count). The number of carbonyl (C=O) groups is 2. The third-order valence-electron chi connectivity index (χ3n) is 6.99. The molecule has 14 heteroatoms. The van der Waals surface area contributed by atoms with Gasteiger partial charge in [-0.25, -0.2) is 19.4 Å². The quantitative estimate of drug-likeness (QED) is 0.305. The molecule has 43 heavy (non-hydrogen) atoms. The Bertz CT molecular complexity index is 1720. The fraction of sp³-hybridized carbons (Fsp3) is 0.517. The highest BCUT2D eigenvalue weighted by molar-refractivity contribution is 5.90. The van der Waals surface area contributed by atoms with Gasteiger partial charge in [0.2, 0.25) is 5.95 Å². The van der Waals surface area contributed by atoms with E-state index >= 15 is 0 Å². The third-order valence-corrected chi connectivity index (χ3v) is 6.99. The number of carbonyl (C=O) groups excluding carboxylic acids is 2. The number of methoxy groups -OCH3 is 1. The lowest BCUT2D eigenvalue weighted by Crippen LogP contribution is -2.49. The molecule has 0 spiro atoms. The van der Waals surface area contributed by atoms with E-state index in [-0.39, 0.29) is 41.6 Å². The van der Waals surface area contributed by atoms with Gasteiger partial charge in [-0.1, -0.05) is 5.92 Å². The van der Waals surface area contributed by atoms with Crippen LogP contribution >= 0.6 is 0 Å². The van der Waals surface area contributed by atoms with Gasteiger partial charge in [0.15, 0.2) is 11.2 Å². The fourth-order valence-electron chi connectivity index (χ4n) is 5.01. The SMILES string of the molecule is CC#CCn1c(N2CCC[C@@H](NC(=O)OC(C)(C)C)C2)nc2c1c(=O)n(Cc1nc(NC)ccc1C(=O)OC)c(=O)n2C. The lowest BCUT2D eigenvalue weighted by molar-refractivity contribution is 0.0498. The summed E-state index contributed by atoms with van der Waals surface area (Å²) in [5.41, 5.74) is -1.12. The van der Waals surface area contributed by atoms with E-state index in [4.69, 9.17) is 14.5 Å². The molecule has 1 aliphatic heterocycles. The van der Waals surface area contributed by atoms with Crippen LogP contribution in [0.3, 0.4) is 0 Å². The Labute approximate surface area is 249 Å². The summed E-state index contributed by atoms with van der Waals surface area (Å²) in [6, 6.07) is 2.93. The maximum Gasteiger partial charge on any atom is 0.407 e. The summed E-state index contributed by atoms with van der Waals surface area (Å²) >= 11 is 0. The number of aryl methyl sites for hydroxylation is 1. The number of amides is 1. The van der Waals surface area contributed by atoms with Crippen molar-refractivity contribution in [1.29, 1.82) is 0 Å². The van der Waals surface area contributed by atoms with E-state index in [0.717, 1.165) is 17.4 Å². The van der Waals surface area contributed by atoms with E-state index < -0.39 is 28.9 Å². The number of hydrogen-bond donors (Lipinski definition) is 2. The van der Waals surface area contributed by atoms with Crippen LogP contribution in [0.25, 0.3) is 11.2 Å². The molecule has 1 fully saturated rings. The Balaban J connectivity index is 1.80. The van der Waals surface area contributed by atoms with E-state index in [1.807, 2.05) is 4.90 Å². The van der Waals surface area contributed by atoms with Crippen LogP contribution in [0, 0.1) is 11.8 Å². The third kappa shape index (κ3) is 6.66. The van der Waals surface area contributed by atoms with Crippen LogP contribution in [0.4, 0.5) is 16.6 Å². The van der Waals surface area contributed by atoms with E-state index in [1.165, 1.54) is 24.8 Å². The Morgan fingerprint density at radius 1 is 1.16 bits per heavy atom. The average Bonchev–Trinajstić information content (AvgIpc) is 3.35. The smallest absolute Gasteiger partial charge is 0.407 e. The van der Waals surface area contributed by atoms with E-state index in [9.17, 15) is 19.2 Å². The summed E-state index contributed by atoms with van der Waals surface area (Å²) in [6.07, 6.45) is 1.00. The highest BCUT2D eigenvalue weighted by Crippen LogP contribution is 2.24. The number of aromatic nitrogens is 5. The second-order valence-electron chi connectivity index (χ2n) is 11.2. The monoisotopic (exact) mass is 594 g/mol. The number of nitrogens with zero attached hydrogens (tertiary/aromatic N) is 6. The molecule has 2 N–H and O–H groups in total. The summed E-state index contributed by atoms with van der Waals surface area (Å²) < 4.78 is 14.3. The van der Waals surface area contributed by atoms with Crippen molar-refractivity contribution in [3.05, 3.63) is 44.2 Å². The van der Waals surface area contributed by atoms with Crippen LogP contribution < -0.4 is 26.8 Å². The highest BCUT2D eigenvalue weighted by Gasteiger charge is 2.29. The lowest BCUT2D eigenvalue weighted by Gasteiger charge is -2.34. The van der Waals surface area contributed by atoms with E-state index in [1.54, 1.807) is 45.4 Å². The molecule has 14 nitrogen and oxygen atoms in total. The molecule has 4 heterocycles. The summed E-state index contributed by atoms with van der Waals surface area (Å²) in [5.74, 6) is 6.15. The fourth-order valence-corrected chi connectivity index (χ4v) is 5.01. The van der Waals surface area contributed by atoms with Crippen molar-refractivity contribution in [2.24, 2.45) is 7.05 Å². The number of ether oxygens (including phenoxy) is 2. The molecule has 0 unspecified atom stereocenters. The largest absolute Gasteiger partial charge is 0.465 e. The Hall–Kier alpha value is -4.80. The molecule has 1 atom stereocenters. The molecule has 0 aliphatic carbocycles. The number of imidazole rings is 1. The van der Waals surface area contributed by atoms with Gasteiger partial charge in [0.05, 0.1) is 31.5 Å². The molecule has 230 valence electrons. The number of alkyl carbamates (subject to hydrolysis) is 1. The normalized spacial score (nSPS) is 15.0. The number of nitrogens with one attached hydrogen (secondary N) is 2. The number of fused-ring (bicyclic) bond motifs is 1. The first-order valence-electron chi connectivity index (χ1n) is 14.0. The molecular weight excluding hydrogens is 556 g/mol. The van der Waals surface area contributed by atoms with Gasteiger partial charge >= 0.3 is 17.8 Å². The highest BCUT2D eigenvalue weighted by atomic mass is 16.6. The van der Waals surface area contributed by atoms with Gasteiger partial charge in [0.25, 0.3) is 5.56 Å². The van der Waals surface area contributed by atoms with Crippen molar-refractivity contribution in [3.8, 4) is 11.8 Å². The Morgan fingerprint density at radius 3 is 2.56 bits per heavy atom. The molecular formula is C29H38N8O6. The van der Waals surface area contributed by atoms with Gasteiger partial charge in [-0.15, -0.1) is 5.92 Å². The van der Waals surface area contributed by atoms with Crippen LogP contribution in [0.5, 0.6) is 0 Å². The molecule has 1 amide bonds. The van der Waals surface area contributed by atoms with Crippen LogP contribution in [-0.4, -0.2) is 74.6 Å². The molecule has 0 radical (unpaired) electrons. The second-order valence-corrected chi connectivity index (χ2v) is 11.2. The van der Waals surface area contributed by atoms with E-state index in [2.05, 4.69) is 27.5 Å². The number of esters is 1. The van der Waals surface area contributed by atoms with Crippen molar-refractivity contribution in [1.82, 2.24) is 29.0 Å². The topological polar surface area (TPSA) is 155 Å². The minimum Gasteiger partial charge on any atom is -0.465 e. The zero-order valence-electron chi connectivity index (χ0n) is 25.6. The number of piperidine rings is 1. The van der Waals surface area contributed by atoms with Gasteiger partial charge in [-0.2, -0.15) is 4.98 Å². The Kier molecular flexibility index (Phi) is 9.13. The van der Waals surface area contributed by atoms with Crippen molar-refractivity contribution in [2.45, 2.75) is 65.3 Å². The number of rotatable bonds is 7. The number of hydrogen-bond acceptors (Lipinski definition) is 10. The van der Waals surface area contributed by atoms with Crippen LogP contribution in [0.2, 0.25) is 0 Å². The summed E-state index contributed by atoms with van der Waals surface area (Å²) in [6.45, 7) is 8.04. The first kappa shape index (κ1) is 31.1. The zero-order valence-corrected chi connectivity index (χ0v) is 25.6. The summed E-state index contributed by atoms with van der Waals surface area (Å²) in [7, 11) is 4.46. The molecule has 3 aromatic heterocycles. The lowest BCUT2D eigenvalue weighted by atomic mass is 10.1. The molecule has 1 saturated heterocycles. The van der Waals surface area contributed by atoms with Gasteiger partial charge in [0.1, 0.15) is 11.4 Å². The Morgan fingerprint density at radius 2 is 1.91 bits per heavy atom. The molecule has 0 saturated carbocycles. The van der Waals surface area contributed by atoms with Gasteiger partial charge in [0, 0.05) is 33.2 Å². The van der Waals surface area contributed by atoms with Gasteiger partial charge < -0.3 is 25.0 Å². The average molecular weight is 595 g/mol. The van der Waals surface area contributed by atoms with Gasteiger partial charge in [-0.3, -0.25) is 18.5 Å². The number of pyridine rings is 1. The minimum atomic E-state index is -0.638. The van der Waals surface area contributed by atoms with Crippen molar-refractivity contribution in [3.63, 3.8) is 0 Å². The molecule has 1 aliphatic rings. The van der Waals surface area contributed by atoms with Crippen molar-refractivity contribution >= 4 is 35.0 Å². The molecule has 0 aromatic carbocycles. The zero-order chi connectivity index (χ0) is 31.5. The summed E-state index contributed by atoms with van der Waals surface area (Å²) in [5, 5.41) is 5.83. The minimum absolute atomic E-state index is 0.137. The van der Waals surface area contributed by atoms with Gasteiger partial charge in [-0.05, 0) is 52.7 Å². The second kappa shape index (κ2) is 12.6. The van der Waals surface area contributed by atoms with Crippen molar-refractivity contribution in [2.75, 3.05) is 37.5 Å².